The number of nitriles is 1. The molecule has 2 aromatic heterocycles. The first-order chi connectivity index (χ1) is 18.2. The Balaban J connectivity index is 1.34. The molecule has 1 fully saturated rings. The Labute approximate surface area is 223 Å². The minimum absolute atomic E-state index is 0.0713. The van der Waals surface area contributed by atoms with E-state index in [4.69, 9.17) is 21.1 Å². The molecule has 1 saturated heterocycles. The number of hydrogen-bond acceptors (Lipinski definition) is 8. The molecule has 1 unspecified atom stereocenters. The second-order valence-corrected chi connectivity index (χ2v) is 9.74. The Hall–Kier alpha value is -4.08. The molecule has 0 saturated carbocycles. The van der Waals surface area contributed by atoms with Crippen LogP contribution < -0.4 is 10.6 Å². The number of aromatic nitrogens is 4. The van der Waals surface area contributed by atoms with E-state index in [0.29, 0.717) is 22.2 Å². The summed E-state index contributed by atoms with van der Waals surface area (Å²) < 4.78 is 27.6. The van der Waals surface area contributed by atoms with Crippen molar-refractivity contribution < 1.29 is 18.7 Å². The van der Waals surface area contributed by atoms with Crippen molar-refractivity contribution in [3.05, 3.63) is 64.1 Å². The van der Waals surface area contributed by atoms with Gasteiger partial charge in [0.15, 0.2) is 17.4 Å². The van der Waals surface area contributed by atoms with Crippen molar-refractivity contribution in [2.24, 2.45) is 0 Å². The first-order valence-corrected chi connectivity index (χ1v) is 12.4. The van der Waals surface area contributed by atoms with Gasteiger partial charge in [0.1, 0.15) is 18.1 Å². The third-order valence-electron chi connectivity index (χ3n) is 6.25. The van der Waals surface area contributed by atoms with Crippen LogP contribution in [0.4, 0.5) is 15.0 Å². The second-order valence-electron chi connectivity index (χ2n) is 9.35. The topological polar surface area (TPSA) is 133 Å². The van der Waals surface area contributed by atoms with Gasteiger partial charge in [0.05, 0.1) is 41.5 Å². The Morgan fingerprint density at radius 2 is 2.18 bits per heavy atom. The molecule has 198 valence electrons. The fourth-order valence-electron chi connectivity index (χ4n) is 4.47. The van der Waals surface area contributed by atoms with Crippen molar-refractivity contribution in [1.29, 1.82) is 5.26 Å². The highest BCUT2D eigenvalue weighted by molar-refractivity contribution is 6.29. The molecular weight excluding hydrogens is 515 g/mol. The van der Waals surface area contributed by atoms with Gasteiger partial charge in [0.25, 0.3) is 0 Å². The summed E-state index contributed by atoms with van der Waals surface area (Å²) in [7, 11) is 1.89. The normalized spacial score (nSPS) is 22.6. The van der Waals surface area contributed by atoms with Crippen molar-refractivity contribution in [2.75, 3.05) is 19.0 Å². The highest BCUT2D eigenvalue weighted by Crippen LogP contribution is 2.37. The number of rotatable bonds is 6. The number of hydrogen-bond donors (Lipinski definition) is 3. The van der Waals surface area contributed by atoms with Gasteiger partial charge in [-0.25, -0.2) is 13.9 Å². The van der Waals surface area contributed by atoms with Gasteiger partial charge in [-0.3, -0.25) is 5.10 Å². The largest absolute Gasteiger partial charge is 0.441 e. The fourth-order valence-corrected chi connectivity index (χ4v) is 4.66. The molecular formula is C25H26ClFN8O3. The van der Waals surface area contributed by atoms with E-state index in [1.165, 1.54) is 0 Å². The van der Waals surface area contributed by atoms with Gasteiger partial charge in [0.2, 0.25) is 0 Å². The Kier molecular flexibility index (Phi) is 6.96. The number of H-pyrrole nitrogens is 1. The van der Waals surface area contributed by atoms with Crippen LogP contribution in [-0.2, 0) is 9.47 Å². The van der Waals surface area contributed by atoms with Crippen LogP contribution in [0, 0.1) is 11.3 Å². The zero-order chi connectivity index (χ0) is 27.0. The predicted octanol–water partition coefficient (Wildman–Crippen LogP) is 4.06. The smallest absolute Gasteiger partial charge is 0.407 e. The second kappa shape index (κ2) is 10.4. The number of benzene rings is 1. The number of carbonyl (C=O) groups is 1. The number of anilines is 1. The molecule has 1 aromatic carbocycles. The Morgan fingerprint density at radius 1 is 1.37 bits per heavy atom. The van der Waals surface area contributed by atoms with Gasteiger partial charge in [-0.1, -0.05) is 23.7 Å². The number of ether oxygens (including phenoxy) is 2. The molecule has 3 aromatic rings. The van der Waals surface area contributed by atoms with Gasteiger partial charge in [0, 0.05) is 30.8 Å². The van der Waals surface area contributed by atoms with Crippen molar-refractivity contribution in [3.8, 4) is 6.07 Å². The first kappa shape index (κ1) is 25.6. The monoisotopic (exact) mass is 540 g/mol. The summed E-state index contributed by atoms with van der Waals surface area (Å²) in [6, 6.07) is 12.7. The SMILES string of the molecule is CC(C)NC(=O)O[C@@H]1CO[C@H](c2cc(NC3c4cc(Cl)nn4C=C(c4cccc(C#N)c4)N3C)n[nH]2)[C@@H]1F. The zero-order valence-corrected chi connectivity index (χ0v) is 21.6. The molecule has 5 rings (SSSR count). The van der Waals surface area contributed by atoms with Gasteiger partial charge in [-0.05, 0) is 26.0 Å². The standard InChI is InChI=1S/C25H26ClFN8O3/c1-13(2)29-25(36)38-19-12-37-23(22(19)27)16-8-21(32-31-16)30-24-17-9-20(26)33-35(17)11-18(34(24)3)15-6-4-5-14(7-15)10-28/h4-9,11,13,19,22-24H,12H2,1-3H3,(H,29,36)(H2,30,31,32)/t19-,22-,23-,24?/m1/s1. The third-order valence-corrected chi connectivity index (χ3v) is 6.44. The predicted molar refractivity (Wildman–Crippen MR) is 137 cm³/mol. The Morgan fingerprint density at radius 3 is 2.95 bits per heavy atom. The van der Waals surface area contributed by atoms with Gasteiger partial charge < -0.3 is 25.0 Å². The molecule has 13 heteroatoms. The first-order valence-electron chi connectivity index (χ1n) is 12.0. The molecule has 0 radical (unpaired) electrons. The summed E-state index contributed by atoms with van der Waals surface area (Å²) in [5.74, 6) is 0.436. The van der Waals surface area contributed by atoms with Crippen LogP contribution in [0.3, 0.4) is 0 Å². The highest BCUT2D eigenvalue weighted by Gasteiger charge is 2.42. The van der Waals surface area contributed by atoms with Gasteiger partial charge in [-0.2, -0.15) is 15.5 Å². The van der Waals surface area contributed by atoms with E-state index >= 15 is 4.39 Å². The molecule has 38 heavy (non-hydrogen) atoms. The lowest BCUT2D eigenvalue weighted by Gasteiger charge is -2.36. The maximum atomic E-state index is 15.1. The molecule has 4 atom stereocenters. The van der Waals surface area contributed by atoms with E-state index in [1.54, 1.807) is 42.8 Å². The zero-order valence-electron chi connectivity index (χ0n) is 20.9. The van der Waals surface area contributed by atoms with Gasteiger partial charge >= 0.3 is 6.09 Å². The van der Waals surface area contributed by atoms with Crippen molar-refractivity contribution >= 4 is 35.4 Å². The van der Waals surface area contributed by atoms with Crippen LogP contribution in [0.1, 0.15) is 48.6 Å². The van der Waals surface area contributed by atoms with Crippen molar-refractivity contribution in [3.63, 3.8) is 0 Å². The number of nitrogens with zero attached hydrogens (tertiary/aromatic N) is 5. The molecule has 4 heterocycles. The number of alkyl carbamates (subject to hydrolysis) is 1. The highest BCUT2D eigenvalue weighted by atomic mass is 35.5. The molecule has 0 bridgehead atoms. The molecule has 1 amide bonds. The molecule has 0 aliphatic carbocycles. The number of carbonyl (C=O) groups excluding carboxylic acids is 1. The maximum absolute atomic E-state index is 15.1. The van der Waals surface area contributed by atoms with E-state index < -0.39 is 30.6 Å². The molecule has 11 nitrogen and oxygen atoms in total. The van der Waals surface area contributed by atoms with E-state index in [9.17, 15) is 10.1 Å². The van der Waals surface area contributed by atoms with Crippen LogP contribution >= 0.6 is 11.6 Å². The summed E-state index contributed by atoms with van der Waals surface area (Å²) in [4.78, 5) is 13.9. The lowest BCUT2D eigenvalue weighted by atomic mass is 10.1. The van der Waals surface area contributed by atoms with Crippen LogP contribution in [0.15, 0.2) is 36.4 Å². The molecule has 3 N–H and O–H groups in total. The quantitative estimate of drug-likeness (QED) is 0.426. The van der Waals surface area contributed by atoms with Gasteiger partial charge in [-0.15, -0.1) is 0 Å². The van der Waals surface area contributed by atoms with Crippen molar-refractivity contribution in [2.45, 2.75) is 44.4 Å². The fraction of sp³-hybridized carbons (Fsp3) is 0.360. The summed E-state index contributed by atoms with van der Waals surface area (Å²) in [5.41, 5.74) is 3.31. The lowest BCUT2D eigenvalue weighted by molar-refractivity contribution is 0.0615. The molecule has 2 aliphatic heterocycles. The number of aromatic amines is 1. The van der Waals surface area contributed by atoms with E-state index in [0.717, 1.165) is 17.0 Å². The Bertz CT molecular complexity index is 1410. The van der Waals surface area contributed by atoms with E-state index in [2.05, 4.69) is 32.0 Å². The summed E-state index contributed by atoms with van der Waals surface area (Å²) in [6.07, 6.45) is -2.87. The summed E-state index contributed by atoms with van der Waals surface area (Å²) >= 11 is 6.22. The average molecular weight is 541 g/mol. The summed E-state index contributed by atoms with van der Waals surface area (Å²) in [5, 5.41) is 27.0. The number of alkyl halides is 1. The summed E-state index contributed by atoms with van der Waals surface area (Å²) in [6.45, 7) is 3.50. The molecule has 2 aliphatic rings. The van der Waals surface area contributed by atoms with Crippen LogP contribution in [-0.4, -0.2) is 62.9 Å². The van der Waals surface area contributed by atoms with Crippen LogP contribution in [0.25, 0.3) is 11.9 Å². The lowest BCUT2D eigenvalue weighted by Crippen LogP contribution is -2.36. The number of amides is 1. The number of halogens is 2. The molecule has 0 spiro atoms. The maximum Gasteiger partial charge on any atom is 0.407 e. The van der Waals surface area contributed by atoms with Crippen molar-refractivity contribution in [1.82, 2.24) is 30.2 Å². The number of nitrogens with one attached hydrogen (secondary N) is 3. The van der Waals surface area contributed by atoms with Crippen LogP contribution in [0.2, 0.25) is 5.15 Å². The van der Waals surface area contributed by atoms with E-state index in [-0.39, 0.29) is 12.6 Å². The third kappa shape index (κ3) is 5.03. The minimum Gasteiger partial charge on any atom is -0.441 e. The average Bonchev–Trinajstić information content (AvgIpc) is 3.59. The van der Waals surface area contributed by atoms with E-state index in [1.807, 2.05) is 30.3 Å². The van der Waals surface area contributed by atoms with Crippen LogP contribution in [0.5, 0.6) is 0 Å². The minimum atomic E-state index is -1.57. The number of fused-ring (bicyclic) bond motifs is 1.